The van der Waals surface area contributed by atoms with Gasteiger partial charge in [-0.3, -0.25) is 0 Å². The zero-order valence-electron chi connectivity index (χ0n) is 32.5. The van der Waals surface area contributed by atoms with Crippen LogP contribution in [-0.2, 0) is 4.57 Å². The Morgan fingerprint density at radius 3 is 1.63 bits per heavy atom. The van der Waals surface area contributed by atoms with E-state index in [0.717, 1.165) is 87.6 Å². The summed E-state index contributed by atoms with van der Waals surface area (Å²) < 4.78 is 24.6. The van der Waals surface area contributed by atoms with Crippen molar-refractivity contribution in [1.82, 2.24) is 4.57 Å². The van der Waals surface area contributed by atoms with Crippen molar-refractivity contribution >= 4 is 88.3 Å². The van der Waals surface area contributed by atoms with E-state index in [1.165, 1.54) is 21.5 Å². The Bertz CT molecular complexity index is 3620. The Kier molecular flexibility index (Phi) is 7.82. The summed E-state index contributed by atoms with van der Waals surface area (Å²) in [5.74, 6) is 0. The minimum Gasteiger partial charge on any atom is -0.455 e. The maximum absolute atomic E-state index is 15.6. The fourth-order valence-corrected chi connectivity index (χ4v) is 12.0. The lowest BCUT2D eigenvalue weighted by molar-refractivity contribution is 0.592. The SMILES string of the molecule is O=P(c1ccccc1)(c1ccccc1)c1ccc2c(c1)c1cc(-c3ccc(-c4cc5ccccc5c5c4oc4cc6ccccc6cc45)cc3)ccc1n2-c1ccccc1. The number of benzene rings is 10. The van der Waals surface area contributed by atoms with Crippen molar-refractivity contribution in [2.75, 3.05) is 0 Å². The molecule has 2 heterocycles. The van der Waals surface area contributed by atoms with E-state index in [1.807, 2.05) is 66.7 Å². The first-order valence-corrected chi connectivity index (χ1v) is 22.1. The molecule has 0 radical (unpaired) electrons. The second-order valence-electron chi connectivity index (χ2n) is 15.6. The van der Waals surface area contributed by atoms with E-state index >= 15 is 4.57 Å². The van der Waals surface area contributed by atoms with Crippen LogP contribution in [0.15, 0.2) is 223 Å². The third kappa shape index (κ3) is 5.33. The molecule has 4 heteroatoms. The molecule has 0 N–H and O–H groups in total. The van der Waals surface area contributed by atoms with Crippen molar-refractivity contribution in [3.8, 4) is 27.9 Å². The Morgan fingerprint density at radius 1 is 0.383 bits per heavy atom. The number of hydrogen-bond acceptors (Lipinski definition) is 2. The minimum absolute atomic E-state index is 0.814. The van der Waals surface area contributed by atoms with E-state index in [1.54, 1.807) is 0 Å². The number of nitrogens with zero attached hydrogens (tertiary/aromatic N) is 1. The summed E-state index contributed by atoms with van der Waals surface area (Å²) in [6, 6.07) is 76.1. The van der Waals surface area contributed by atoms with Crippen LogP contribution < -0.4 is 15.9 Å². The smallest absolute Gasteiger partial charge is 0.171 e. The second kappa shape index (κ2) is 13.6. The topological polar surface area (TPSA) is 35.1 Å². The van der Waals surface area contributed by atoms with E-state index in [2.05, 4.69) is 156 Å². The first-order chi connectivity index (χ1) is 29.6. The van der Waals surface area contributed by atoms with Crippen LogP contribution in [0.1, 0.15) is 0 Å². The molecule has 10 aromatic carbocycles. The molecule has 0 aliphatic heterocycles. The van der Waals surface area contributed by atoms with E-state index in [-0.39, 0.29) is 0 Å². The highest BCUT2D eigenvalue weighted by Gasteiger charge is 2.30. The standard InChI is InChI=1S/C56H36NO2P/c58-60(44-19-6-2-7-20-44,45-21-8-3-9-22-45)46-29-31-53-50(36-46)49-32-41(28-30-52(49)57(53)43-17-4-1-5-18-43)37-24-26-38(27-25-37)48-34-42-16-12-13-23-47(42)55-51-33-39-14-10-11-15-40(39)35-54(51)59-56(48)55/h1-36H. The van der Waals surface area contributed by atoms with Gasteiger partial charge in [0.05, 0.1) is 11.0 Å². The van der Waals surface area contributed by atoms with Gasteiger partial charge in [0.25, 0.3) is 0 Å². The highest BCUT2D eigenvalue weighted by molar-refractivity contribution is 7.85. The summed E-state index contributed by atoms with van der Waals surface area (Å²) >= 11 is 0. The van der Waals surface area contributed by atoms with Gasteiger partial charge in [0, 0.05) is 48.7 Å². The summed E-state index contributed by atoms with van der Waals surface area (Å²) in [6.07, 6.45) is 0. The van der Waals surface area contributed by atoms with Crippen LogP contribution in [0.2, 0.25) is 0 Å². The predicted molar refractivity (Wildman–Crippen MR) is 253 cm³/mol. The quantitative estimate of drug-likeness (QED) is 0.157. The van der Waals surface area contributed by atoms with Crippen molar-refractivity contribution in [3.63, 3.8) is 0 Å². The molecule has 0 amide bonds. The molecular weight excluding hydrogens is 750 g/mol. The van der Waals surface area contributed by atoms with Crippen LogP contribution in [0.5, 0.6) is 0 Å². The van der Waals surface area contributed by atoms with Gasteiger partial charge in [-0.05, 0) is 98.9 Å². The van der Waals surface area contributed by atoms with Gasteiger partial charge in [-0.25, -0.2) is 0 Å². The molecule has 0 aliphatic carbocycles. The maximum Gasteiger partial charge on any atom is 0.171 e. The Hall–Kier alpha value is -7.45. The zero-order chi connectivity index (χ0) is 39.8. The molecule has 0 aliphatic rings. The fraction of sp³-hybridized carbons (Fsp3) is 0. The monoisotopic (exact) mass is 785 g/mol. The molecule has 0 saturated heterocycles. The molecule has 0 spiro atoms. The van der Waals surface area contributed by atoms with Crippen molar-refractivity contribution in [2.45, 2.75) is 0 Å². The molecule has 0 saturated carbocycles. The molecule has 2 aromatic heterocycles. The molecule has 0 atom stereocenters. The van der Waals surface area contributed by atoms with Gasteiger partial charge in [0.15, 0.2) is 7.14 Å². The highest BCUT2D eigenvalue weighted by Crippen LogP contribution is 2.45. The van der Waals surface area contributed by atoms with Gasteiger partial charge >= 0.3 is 0 Å². The van der Waals surface area contributed by atoms with Crippen molar-refractivity contribution < 1.29 is 8.98 Å². The van der Waals surface area contributed by atoms with Crippen molar-refractivity contribution in [1.29, 1.82) is 0 Å². The van der Waals surface area contributed by atoms with E-state index in [9.17, 15) is 0 Å². The minimum atomic E-state index is -3.20. The number of furan rings is 1. The molecule has 60 heavy (non-hydrogen) atoms. The van der Waals surface area contributed by atoms with Gasteiger partial charge in [-0.1, -0.05) is 158 Å². The van der Waals surface area contributed by atoms with Crippen LogP contribution in [0.25, 0.3) is 93.2 Å². The number of rotatable bonds is 6. The lowest BCUT2D eigenvalue weighted by Gasteiger charge is -2.20. The number of hydrogen-bond donors (Lipinski definition) is 0. The maximum atomic E-state index is 15.6. The summed E-state index contributed by atoms with van der Waals surface area (Å²) in [5, 5.41) is 11.7. The van der Waals surface area contributed by atoms with Gasteiger partial charge < -0.3 is 13.5 Å². The molecular formula is C56H36NO2P. The molecule has 3 nitrogen and oxygen atoms in total. The Labute approximate surface area is 346 Å². The molecule has 0 unspecified atom stereocenters. The number of para-hydroxylation sites is 1. The van der Waals surface area contributed by atoms with Crippen LogP contribution in [0.3, 0.4) is 0 Å². The van der Waals surface area contributed by atoms with Crippen LogP contribution in [0, 0.1) is 0 Å². The van der Waals surface area contributed by atoms with Crippen molar-refractivity contribution in [2.24, 2.45) is 0 Å². The molecule has 282 valence electrons. The molecule has 12 rings (SSSR count). The van der Waals surface area contributed by atoms with E-state index in [4.69, 9.17) is 4.42 Å². The normalized spacial score (nSPS) is 12.1. The van der Waals surface area contributed by atoms with Gasteiger partial charge in [-0.15, -0.1) is 0 Å². The fourth-order valence-electron chi connectivity index (χ4n) is 9.33. The summed E-state index contributed by atoms with van der Waals surface area (Å²) in [6.45, 7) is 0. The lowest BCUT2D eigenvalue weighted by Crippen LogP contribution is -2.24. The third-order valence-electron chi connectivity index (χ3n) is 12.2. The third-order valence-corrected chi connectivity index (χ3v) is 15.3. The average molecular weight is 786 g/mol. The highest BCUT2D eigenvalue weighted by atomic mass is 31.2. The van der Waals surface area contributed by atoms with Gasteiger partial charge in [0.1, 0.15) is 11.2 Å². The molecule has 0 fully saturated rings. The van der Waals surface area contributed by atoms with Crippen LogP contribution in [-0.4, -0.2) is 4.57 Å². The number of fused-ring (bicyclic) bond motifs is 9. The largest absolute Gasteiger partial charge is 0.455 e. The van der Waals surface area contributed by atoms with Gasteiger partial charge in [-0.2, -0.15) is 0 Å². The Morgan fingerprint density at radius 2 is 0.933 bits per heavy atom. The van der Waals surface area contributed by atoms with Crippen LogP contribution >= 0.6 is 7.14 Å². The van der Waals surface area contributed by atoms with E-state index in [0.29, 0.717) is 0 Å². The average Bonchev–Trinajstić information content (AvgIpc) is 3.86. The number of aromatic nitrogens is 1. The Balaban J connectivity index is 1.02. The molecule has 12 aromatic rings. The summed E-state index contributed by atoms with van der Waals surface area (Å²) in [7, 11) is -3.20. The summed E-state index contributed by atoms with van der Waals surface area (Å²) in [5.41, 5.74) is 9.45. The first-order valence-electron chi connectivity index (χ1n) is 20.3. The van der Waals surface area contributed by atoms with Crippen LogP contribution in [0.4, 0.5) is 0 Å². The summed E-state index contributed by atoms with van der Waals surface area (Å²) in [4.78, 5) is 0. The first kappa shape index (κ1) is 34.6. The lowest BCUT2D eigenvalue weighted by atomic mass is 9.94. The van der Waals surface area contributed by atoms with Crippen molar-refractivity contribution in [3.05, 3.63) is 218 Å². The molecule has 0 bridgehead atoms. The second-order valence-corrected chi connectivity index (χ2v) is 18.4. The van der Waals surface area contributed by atoms with Gasteiger partial charge in [0.2, 0.25) is 0 Å². The van der Waals surface area contributed by atoms with E-state index < -0.39 is 7.14 Å². The zero-order valence-corrected chi connectivity index (χ0v) is 33.4. The predicted octanol–water partition coefficient (Wildman–Crippen LogP) is 14.0.